The van der Waals surface area contributed by atoms with Crippen molar-refractivity contribution in [2.75, 3.05) is 0 Å². The molecule has 0 saturated heterocycles. The van der Waals surface area contributed by atoms with Gasteiger partial charge < -0.3 is 5.73 Å². The van der Waals surface area contributed by atoms with Crippen molar-refractivity contribution >= 4 is 0 Å². The van der Waals surface area contributed by atoms with Crippen molar-refractivity contribution in [1.82, 2.24) is 0 Å². The molecule has 1 nitrogen and oxygen atoms in total. The molecule has 20 heavy (non-hydrogen) atoms. The highest BCUT2D eigenvalue weighted by atomic mass is 14.6. The summed E-state index contributed by atoms with van der Waals surface area (Å²) < 4.78 is 0. The lowest BCUT2D eigenvalue weighted by molar-refractivity contribution is 0.651. The highest BCUT2D eigenvalue weighted by molar-refractivity contribution is 5.26. The van der Waals surface area contributed by atoms with Crippen LogP contribution >= 0.6 is 0 Å². The molecule has 0 bridgehead atoms. The van der Waals surface area contributed by atoms with E-state index in [1.54, 1.807) is 0 Å². The molecule has 2 rings (SSSR count). The number of hydrogen-bond acceptors (Lipinski definition) is 1. The van der Waals surface area contributed by atoms with Crippen molar-refractivity contribution in [2.24, 2.45) is 5.73 Å². The smallest absolute Gasteiger partial charge is 0.0298 e. The molecule has 2 N–H and O–H groups in total. The van der Waals surface area contributed by atoms with Crippen LogP contribution in [0.15, 0.2) is 48.5 Å². The SMILES string of the molecule is CCc1ccc(CCC(N)c2ccc(CC)cc2)cc1. The van der Waals surface area contributed by atoms with Crippen molar-refractivity contribution in [3.05, 3.63) is 70.8 Å². The van der Waals surface area contributed by atoms with Gasteiger partial charge in [-0.05, 0) is 47.9 Å². The highest BCUT2D eigenvalue weighted by Crippen LogP contribution is 2.18. The standard InChI is InChI=1S/C19H25N/c1-3-15-5-7-17(8-6-15)11-14-19(20)18-12-9-16(4-2)10-13-18/h5-10,12-13,19H,3-4,11,14,20H2,1-2H3. The molecule has 0 aliphatic carbocycles. The van der Waals surface area contributed by atoms with Crippen LogP contribution in [0.2, 0.25) is 0 Å². The zero-order valence-electron chi connectivity index (χ0n) is 12.6. The molecule has 1 unspecified atom stereocenters. The topological polar surface area (TPSA) is 26.0 Å². The molecular formula is C19H25N. The monoisotopic (exact) mass is 267 g/mol. The first-order valence-corrected chi connectivity index (χ1v) is 7.65. The summed E-state index contributed by atoms with van der Waals surface area (Å²) in [6.07, 6.45) is 4.22. The molecule has 0 fully saturated rings. The predicted octanol–water partition coefficient (Wildman–Crippen LogP) is 4.44. The lowest BCUT2D eigenvalue weighted by Gasteiger charge is -2.13. The fraction of sp³-hybridized carbons (Fsp3) is 0.368. The average Bonchev–Trinajstić information content (AvgIpc) is 2.53. The third kappa shape index (κ3) is 3.94. The lowest BCUT2D eigenvalue weighted by atomic mass is 9.98. The van der Waals surface area contributed by atoms with Gasteiger partial charge in [-0.3, -0.25) is 0 Å². The van der Waals surface area contributed by atoms with E-state index in [9.17, 15) is 0 Å². The molecule has 1 atom stereocenters. The number of nitrogens with two attached hydrogens (primary N) is 1. The largest absolute Gasteiger partial charge is 0.324 e. The quantitative estimate of drug-likeness (QED) is 0.822. The highest BCUT2D eigenvalue weighted by Gasteiger charge is 2.06. The third-order valence-corrected chi connectivity index (χ3v) is 3.99. The maximum Gasteiger partial charge on any atom is 0.0298 e. The van der Waals surface area contributed by atoms with Crippen molar-refractivity contribution in [2.45, 2.75) is 45.6 Å². The van der Waals surface area contributed by atoms with E-state index in [4.69, 9.17) is 5.73 Å². The van der Waals surface area contributed by atoms with E-state index in [0.29, 0.717) is 0 Å². The van der Waals surface area contributed by atoms with Gasteiger partial charge in [0.15, 0.2) is 0 Å². The Morgan fingerprint density at radius 3 is 1.70 bits per heavy atom. The van der Waals surface area contributed by atoms with Gasteiger partial charge in [0.05, 0.1) is 0 Å². The van der Waals surface area contributed by atoms with E-state index >= 15 is 0 Å². The average molecular weight is 267 g/mol. The molecule has 0 radical (unpaired) electrons. The Morgan fingerprint density at radius 2 is 1.20 bits per heavy atom. The first-order chi connectivity index (χ1) is 9.72. The van der Waals surface area contributed by atoms with E-state index in [1.165, 1.54) is 22.3 Å². The van der Waals surface area contributed by atoms with Gasteiger partial charge in [-0.1, -0.05) is 62.4 Å². The first kappa shape index (κ1) is 14.8. The van der Waals surface area contributed by atoms with Gasteiger partial charge in [0.2, 0.25) is 0 Å². The second-order valence-electron chi connectivity index (χ2n) is 5.41. The fourth-order valence-corrected chi connectivity index (χ4v) is 2.43. The Bertz CT molecular complexity index is 510. The normalized spacial score (nSPS) is 12.3. The van der Waals surface area contributed by atoms with E-state index in [1.807, 2.05) is 0 Å². The molecule has 0 aromatic heterocycles. The van der Waals surface area contributed by atoms with Crippen LogP contribution in [0.4, 0.5) is 0 Å². The molecule has 0 amide bonds. The second kappa shape index (κ2) is 7.25. The molecule has 0 saturated carbocycles. The zero-order valence-corrected chi connectivity index (χ0v) is 12.6. The maximum absolute atomic E-state index is 6.29. The van der Waals surface area contributed by atoms with Crippen LogP contribution in [0.25, 0.3) is 0 Å². The number of benzene rings is 2. The van der Waals surface area contributed by atoms with Crippen LogP contribution in [-0.2, 0) is 19.3 Å². The third-order valence-electron chi connectivity index (χ3n) is 3.99. The van der Waals surface area contributed by atoms with Crippen LogP contribution in [0.3, 0.4) is 0 Å². The summed E-state index contributed by atoms with van der Waals surface area (Å²) in [6, 6.07) is 17.7. The van der Waals surface area contributed by atoms with Crippen molar-refractivity contribution in [3.8, 4) is 0 Å². The molecule has 2 aromatic rings. The number of aryl methyl sites for hydroxylation is 3. The van der Waals surface area contributed by atoms with E-state index in [0.717, 1.165) is 25.7 Å². The minimum atomic E-state index is 0.131. The van der Waals surface area contributed by atoms with Crippen LogP contribution in [0.1, 0.15) is 48.6 Å². The van der Waals surface area contributed by atoms with Crippen molar-refractivity contribution < 1.29 is 0 Å². The summed E-state index contributed by atoms with van der Waals surface area (Å²) in [5, 5.41) is 0. The summed E-state index contributed by atoms with van der Waals surface area (Å²) in [7, 11) is 0. The van der Waals surface area contributed by atoms with Gasteiger partial charge in [-0.15, -0.1) is 0 Å². The summed E-state index contributed by atoms with van der Waals surface area (Å²) in [5.74, 6) is 0. The van der Waals surface area contributed by atoms with Crippen LogP contribution in [0, 0.1) is 0 Å². The van der Waals surface area contributed by atoms with E-state index in [-0.39, 0.29) is 6.04 Å². The molecule has 0 aliphatic rings. The molecule has 106 valence electrons. The van der Waals surface area contributed by atoms with Crippen LogP contribution < -0.4 is 5.73 Å². The minimum Gasteiger partial charge on any atom is -0.324 e. The van der Waals surface area contributed by atoms with Crippen LogP contribution in [0.5, 0.6) is 0 Å². The summed E-state index contributed by atoms with van der Waals surface area (Å²) in [4.78, 5) is 0. The van der Waals surface area contributed by atoms with Gasteiger partial charge in [-0.25, -0.2) is 0 Å². The molecule has 0 heterocycles. The summed E-state index contributed by atoms with van der Waals surface area (Å²) >= 11 is 0. The van der Waals surface area contributed by atoms with E-state index in [2.05, 4.69) is 62.4 Å². The number of hydrogen-bond donors (Lipinski definition) is 1. The Labute approximate surface area is 122 Å². The molecule has 0 aliphatic heterocycles. The molecular weight excluding hydrogens is 242 g/mol. The van der Waals surface area contributed by atoms with Gasteiger partial charge in [0, 0.05) is 6.04 Å². The maximum atomic E-state index is 6.29. The Morgan fingerprint density at radius 1 is 0.750 bits per heavy atom. The second-order valence-corrected chi connectivity index (χ2v) is 5.41. The van der Waals surface area contributed by atoms with Gasteiger partial charge >= 0.3 is 0 Å². The van der Waals surface area contributed by atoms with Crippen molar-refractivity contribution in [1.29, 1.82) is 0 Å². The van der Waals surface area contributed by atoms with Gasteiger partial charge in [0.25, 0.3) is 0 Å². The Hall–Kier alpha value is -1.60. The van der Waals surface area contributed by atoms with E-state index < -0.39 is 0 Å². The summed E-state index contributed by atoms with van der Waals surface area (Å²) in [5.41, 5.74) is 11.7. The first-order valence-electron chi connectivity index (χ1n) is 7.65. The lowest BCUT2D eigenvalue weighted by Crippen LogP contribution is -2.11. The molecule has 2 aromatic carbocycles. The predicted molar refractivity (Wildman–Crippen MR) is 86.9 cm³/mol. The van der Waals surface area contributed by atoms with Gasteiger partial charge in [-0.2, -0.15) is 0 Å². The molecule has 0 spiro atoms. The Balaban J connectivity index is 1.91. The number of rotatable bonds is 6. The molecule has 1 heteroatoms. The minimum absolute atomic E-state index is 0.131. The van der Waals surface area contributed by atoms with Crippen molar-refractivity contribution in [3.63, 3.8) is 0 Å². The fourth-order valence-electron chi connectivity index (χ4n) is 2.43. The Kier molecular flexibility index (Phi) is 5.37. The zero-order chi connectivity index (χ0) is 14.4. The summed E-state index contributed by atoms with van der Waals surface area (Å²) in [6.45, 7) is 4.36. The van der Waals surface area contributed by atoms with Crippen LogP contribution in [-0.4, -0.2) is 0 Å². The van der Waals surface area contributed by atoms with Gasteiger partial charge in [0.1, 0.15) is 0 Å².